The summed E-state index contributed by atoms with van der Waals surface area (Å²) in [6.07, 6.45) is 0. The number of aryl methyl sites for hydroxylation is 1. The summed E-state index contributed by atoms with van der Waals surface area (Å²) in [5.41, 5.74) is 5.12. The molecule has 7 heteroatoms. The molecule has 0 unspecified atom stereocenters. The highest BCUT2D eigenvalue weighted by atomic mass is 16.5. The van der Waals surface area contributed by atoms with E-state index in [1.807, 2.05) is 25.1 Å². The summed E-state index contributed by atoms with van der Waals surface area (Å²) in [6.45, 7) is 3.12. The molecule has 1 amide bonds. The average molecular weight is 366 g/mol. The zero-order chi connectivity index (χ0) is 19.4. The standard InChI is InChI=1S/C20H18N2O5/c1-12-16-8-3-4-9-17(16)27-19(12)20(25)22-21-13(2)14-6-5-7-15(10-14)26-11-18(23)24/h3-10H,11H2,1-2H3,(H,22,25)(H,23,24)/b21-13-. The Hall–Kier alpha value is -3.61. The SMILES string of the molecule is C/C(=N/NC(=O)c1oc2ccccc2c1C)c1cccc(OCC(=O)O)c1. The summed E-state index contributed by atoms with van der Waals surface area (Å²) in [5, 5.41) is 13.7. The summed E-state index contributed by atoms with van der Waals surface area (Å²) >= 11 is 0. The Morgan fingerprint density at radius 3 is 2.70 bits per heavy atom. The Morgan fingerprint density at radius 2 is 1.96 bits per heavy atom. The fourth-order valence-electron chi connectivity index (χ4n) is 2.60. The van der Waals surface area contributed by atoms with E-state index in [2.05, 4.69) is 10.5 Å². The summed E-state index contributed by atoms with van der Waals surface area (Å²) in [6, 6.07) is 14.2. The number of ether oxygens (including phenoxy) is 1. The lowest BCUT2D eigenvalue weighted by molar-refractivity contribution is -0.139. The van der Waals surface area contributed by atoms with Crippen LogP contribution in [-0.4, -0.2) is 29.3 Å². The van der Waals surface area contributed by atoms with E-state index in [1.165, 1.54) is 0 Å². The van der Waals surface area contributed by atoms with Gasteiger partial charge in [0.05, 0.1) is 5.71 Å². The molecular formula is C20H18N2O5. The second-order valence-corrected chi connectivity index (χ2v) is 5.90. The number of nitrogens with zero attached hydrogens (tertiary/aromatic N) is 1. The number of carbonyl (C=O) groups excluding carboxylic acids is 1. The third-order valence-corrected chi connectivity index (χ3v) is 3.99. The molecule has 0 atom stereocenters. The molecule has 0 spiro atoms. The summed E-state index contributed by atoms with van der Waals surface area (Å²) in [4.78, 5) is 23.0. The molecule has 2 aromatic carbocycles. The molecule has 0 saturated carbocycles. The molecule has 0 aliphatic rings. The average Bonchev–Trinajstić information content (AvgIpc) is 3.01. The molecule has 0 aliphatic heterocycles. The zero-order valence-electron chi connectivity index (χ0n) is 14.9. The predicted molar refractivity (Wildman–Crippen MR) is 100 cm³/mol. The summed E-state index contributed by atoms with van der Waals surface area (Å²) in [5.74, 6) is -0.879. The van der Waals surface area contributed by atoms with Crippen molar-refractivity contribution in [3.8, 4) is 5.75 Å². The van der Waals surface area contributed by atoms with Gasteiger partial charge < -0.3 is 14.3 Å². The lowest BCUT2D eigenvalue weighted by Crippen LogP contribution is -2.19. The molecule has 0 radical (unpaired) electrons. The minimum absolute atomic E-state index is 0.214. The zero-order valence-corrected chi connectivity index (χ0v) is 14.9. The van der Waals surface area contributed by atoms with Crippen LogP contribution in [0.1, 0.15) is 28.6 Å². The van der Waals surface area contributed by atoms with Crippen molar-refractivity contribution < 1.29 is 23.8 Å². The largest absolute Gasteiger partial charge is 0.482 e. The molecule has 0 fully saturated rings. The van der Waals surface area contributed by atoms with Crippen molar-refractivity contribution in [2.24, 2.45) is 5.10 Å². The molecule has 1 aromatic heterocycles. The fourth-order valence-corrected chi connectivity index (χ4v) is 2.60. The molecule has 27 heavy (non-hydrogen) atoms. The molecular weight excluding hydrogens is 348 g/mol. The van der Waals surface area contributed by atoms with E-state index in [0.717, 1.165) is 10.9 Å². The maximum absolute atomic E-state index is 12.4. The predicted octanol–water partition coefficient (Wildman–Crippen LogP) is 3.36. The number of hydrazone groups is 1. The number of furan rings is 1. The van der Waals surface area contributed by atoms with E-state index in [9.17, 15) is 9.59 Å². The van der Waals surface area contributed by atoms with Crippen LogP contribution in [0.5, 0.6) is 5.75 Å². The van der Waals surface area contributed by atoms with Crippen LogP contribution in [0.2, 0.25) is 0 Å². The quantitative estimate of drug-likeness (QED) is 0.514. The van der Waals surface area contributed by atoms with E-state index in [4.69, 9.17) is 14.3 Å². The normalized spacial score (nSPS) is 11.4. The first-order chi connectivity index (χ1) is 13.0. The Labute approximate surface area is 155 Å². The van der Waals surface area contributed by atoms with Gasteiger partial charge in [-0.05, 0) is 32.0 Å². The van der Waals surface area contributed by atoms with Crippen LogP contribution in [0, 0.1) is 6.92 Å². The highest BCUT2D eigenvalue weighted by molar-refractivity contribution is 6.02. The first kappa shape index (κ1) is 18.2. The Morgan fingerprint density at radius 1 is 1.19 bits per heavy atom. The van der Waals surface area contributed by atoms with Gasteiger partial charge in [0, 0.05) is 16.5 Å². The van der Waals surface area contributed by atoms with E-state index in [1.54, 1.807) is 37.3 Å². The van der Waals surface area contributed by atoms with Gasteiger partial charge in [-0.15, -0.1) is 0 Å². The smallest absolute Gasteiger partial charge is 0.341 e. The van der Waals surface area contributed by atoms with Gasteiger partial charge >= 0.3 is 11.9 Å². The van der Waals surface area contributed by atoms with Crippen LogP contribution in [0.15, 0.2) is 58.0 Å². The van der Waals surface area contributed by atoms with E-state index in [0.29, 0.717) is 22.6 Å². The van der Waals surface area contributed by atoms with Crippen LogP contribution in [0.25, 0.3) is 11.0 Å². The molecule has 7 nitrogen and oxygen atoms in total. The fraction of sp³-hybridized carbons (Fsp3) is 0.150. The molecule has 0 bridgehead atoms. The van der Waals surface area contributed by atoms with Crippen molar-refractivity contribution in [2.45, 2.75) is 13.8 Å². The second kappa shape index (κ2) is 7.74. The van der Waals surface area contributed by atoms with Crippen LogP contribution in [0.4, 0.5) is 0 Å². The van der Waals surface area contributed by atoms with Gasteiger partial charge in [-0.25, -0.2) is 10.2 Å². The van der Waals surface area contributed by atoms with Crippen molar-refractivity contribution in [3.63, 3.8) is 0 Å². The lowest BCUT2D eigenvalue weighted by atomic mass is 10.1. The minimum atomic E-state index is -1.06. The Kier molecular flexibility index (Phi) is 5.21. The number of amides is 1. The molecule has 1 heterocycles. The summed E-state index contributed by atoms with van der Waals surface area (Å²) < 4.78 is 10.8. The van der Waals surface area contributed by atoms with Gasteiger partial charge in [0.15, 0.2) is 12.4 Å². The number of fused-ring (bicyclic) bond motifs is 1. The molecule has 0 saturated heterocycles. The second-order valence-electron chi connectivity index (χ2n) is 5.90. The summed E-state index contributed by atoms with van der Waals surface area (Å²) in [7, 11) is 0. The van der Waals surface area contributed by atoms with Gasteiger partial charge in [-0.2, -0.15) is 5.10 Å². The van der Waals surface area contributed by atoms with Crippen molar-refractivity contribution in [1.29, 1.82) is 0 Å². The number of carboxylic acid groups (broad SMARTS) is 1. The van der Waals surface area contributed by atoms with Crippen LogP contribution < -0.4 is 10.2 Å². The highest BCUT2D eigenvalue weighted by Crippen LogP contribution is 2.24. The van der Waals surface area contributed by atoms with Gasteiger partial charge in [0.25, 0.3) is 0 Å². The van der Waals surface area contributed by atoms with Gasteiger partial charge in [-0.3, -0.25) is 4.79 Å². The number of para-hydroxylation sites is 1. The molecule has 3 rings (SSSR count). The third kappa shape index (κ3) is 4.14. The minimum Gasteiger partial charge on any atom is -0.482 e. The van der Waals surface area contributed by atoms with Crippen molar-refractivity contribution in [2.75, 3.05) is 6.61 Å². The first-order valence-corrected chi connectivity index (χ1v) is 8.23. The number of benzene rings is 2. The number of carbonyl (C=O) groups is 2. The Bertz CT molecular complexity index is 1040. The van der Waals surface area contributed by atoms with Crippen molar-refractivity contribution >= 4 is 28.6 Å². The number of hydrogen-bond donors (Lipinski definition) is 2. The topological polar surface area (TPSA) is 101 Å². The van der Waals surface area contributed by atoms with Crippen molar-refractivity contribution in [1.82, 2.24) is 5.43 Å². The number of nitrogens with one attached hydrogen (secondary N) is 1. The van der Waals surface area contributed by atoms with Crippen LogP contribution in [-0.2, 0) is 4.79 Å². The molecule has 3 aromatic rings. The highest BCUT2D eigenvalue weighted by Gasteiger charge is 2.17. The maximum atomic E-state index is 12.4. The molecule has 2 N–H and O–H groups in total. The molecule has 138 valence electrons. The third-order valence-electron chi connectivity index (χ3n) is 3.99. The monoisotopic (exact) mass is 366 g/mol. The first-order valence-electron chi connectivity index (χ1n) is 8.23. The van der Waals surface area contributed by atoms with E-state index < -0.39 is 18.5 Å². The van der Waals surface area contributed by atoms with E-state index in [-0.39, 0.29) is 5.76 Å². The van der Waals surface area contributed by atoms with Gasteiger partial charge in [0.2, 0.25) is 0 Å². The lowest BCUT2D eigenvalue weighted by Gasteiger charge is -2.06. The number of carboxylic acids is 1. The number of aliphatic carboxylic acids is 1. The van der Waals surface area contributed by atoms with Crippen LogP contribution >= 0.6 is 0 Å². The van der Waals surface area contributed by atoms with Gasteiger partial charge in [0.1, 0.15) is 11.3 Å². The molecule has 0 aliphatic carbocycles. The number of hydrogen-bond acceptors (Lipinski definition) is 5. The number of rotatable bonds is 6. The Balaban J connectivity index is 1.74. The van der Waals surface area contributed by atoms with Crippen molar-refractivity contribution in [3.05, 3.63) is 65.4 Å². The van der Waals surface area contributed by atoms with Crippen LogP contribution in [0.3, 0.4) is 0 Å². The van der Waals surface area contributed by atoms with Gasteiger partial charge in [-0.1, -0.05) is 30.3 Å². The van der Waals surface area contributed by atoms with E-state index >= 15 is 0 Å². The maximum Gasteiger partial charge on any atom is 0.341 e.